The fourth-order valence-corrected chi connectivity index (χ4v) is 1.30. The number of aromatic nitrogens is 3. The van der Waals surface area contributed by atoms with E-state index < -0.39 is 0 Å². The Morgan fingerprint density at radius 1 is 1.38 bits per heavy atom. The molecule has 2 rings (SSSR count). The monoisotopic (exact) mass is 216 g/mol. The summed E-state index contributed by atoms with van der Waals surface area (Å²) in [5, 5.41) is 2.75. The SMILES string of the molecule is Cc1ncc(NC(=O)c2ccccn2)n1C. The molecule has 0 unspecified atom stereocenters. The van der Waals surface area contributed by atoms with Crippen LogP contribution in [0.3, 0.4) is 0 Å². The maximum absolute atomic E-state index is 11.8. The fraction of sp³-hybridized carbons (Fsp3) is 0.182. The molecule has 5 heteroatoms. The van der Waals surface area contributed by atoms with Crippen LogP contribution in [0.5, 0.6) is 0 Å². The van der Waals surface area contributed by atoms with Crippen LogP contribution in [-0.4, -0.2) is 20.4 Å². The van der Waals surface area contributed by atoms with Gasteiger partial charge < -0.3 is 9.88 Å². The minimum absolute atomic E-state index is 0.233. The first kappa shape index (κ1) is 10.4. The van der Waals surface area contributed by atoms with E-state index in [1.54, 1.807) is 35.2 Å². The Balaban J connectivity index is 2.17. The third-order valence-electron chi connectivity index (χ3n) is 2.36. The highest BCUT2D eigenvalue weighted by atomic mass is 16.1. The summed E-state index contributed by atoms with van der Waals surface area (Å²) in [7, 11) is 1.84. The Kier molecular flexibility index (Phi) is 2.68. The van der Waals surface area contributed by atoms with Crippen LogP contribution < -0.4 is 5.32 Å². The Bertz CT molecular complexity index is 504. The summed E-state index contributed by atoms with van der Waals surface area (Å²) >= 11 is 0. The highest BCUT2D eigenvalue weighted by Gasteiger charge is 2.09. The zero-order valence-corrected chi connectivity index (χ0v) is 9.14. The van der Waals surface area contributed by atoms with Gasteiger partial charge in [0.2, 0.25) is 0 Å². The molecule has 2 aromatic heterocycles. The number of nitrogens with one attached hydrogen (secondary N) is 1. The number of anilines is 1. The highest BCUT2D eigenvalue weighted by molar-refractivity contribution is 6.02. The molecule has 0 atom stereocenters. The number of hydrogen-bond acceptors (Lipinski definition) is 3. The van der Waals surface area contributed by atoms with E-state index in [-0.39, 0.29) is 5.91 Å². The topological polar surface area (TPSA) is 59.8 Å². The van der Waals surface area contributed by atoms with Crippen molar-refractivity contribution in [2.75, 3.05) is 5.32 Å². The predicted octanol–water partition coefficient (Wildman–Crippen LogP) is 1.38. The molecular weight excluding hydrogens is 204 g/mol. The molecule has 82 valence electrons. The number of hydrogen-bond donors (Lipinski definition) is 1. The molecule has 0 aliphatic rings. The van der Waals surface area contributed by atoms with Gasteiger partial charge in [-0.3, -0.25) is 9.78 Å². The van der Waals surface area contributed by atoms with Gasteiger partial charge >= 0.3 is 0 Å². The Hall–Kier alpha value is -2.17. The van der Waals surface area contributed by atoms with E-state index >= 15 is 0 Å². The summed E-state index contributed by atoms with van der Waals surface area (Å²) in [6.07, 6.45) is 3.21. The number of carbonyl (C=O) groups is 1. The lowest BCUT2D eigenvalue weighted by molar-refractivity contribution is 0.102. The smallest absolute Gasteiger partial charge is 0.275 e. The maximum atomic E-state index is 11.8. The summed E-state index contributed by atoms with van der Waals surface area (Å²) < 4.78 is 1.81. The van der Waals surface area contributed by atoms with E-state index in [9.17, 15) is 4.79 Å². The third kappa shape index (κ3) is 1.93. The van der Waals surface area contributed by atoms with E-state index in [0.29, 0.717) is 11.5 Å². The number of pyridine rings is 1. The van der Waals surface area contributed by atoms with Crippen LogP contribution in [0.4, 0.5) is 5.82 Å². The molecule has 0 aliphatic carbocycles. The minimum atomic E-state index is -0.233. The molecular formula is C11H12N4O. The van der Waals surface area contributed by atoms with Gasteiger partial charge in [-0.25, -0.2) is 4.98 Å². The maximum Gasteiger partial charge on any atom is 0.275 e. The fourth-order valence-electron chi connectivity index (χ4n) is 1.30. The van der Waals surface area contributed by atoms with Crippen molar-refractivity contribution in [1.82, 2.24) is 14.5 Å². The molecule has 2 heterocycles. The number of carbonyl (C=O) groups excluding carboxylic acids is 1. The first-order valence-corrected chi connectivity index (χ1v) is 4.89. The molecule has 1 N–H and O–H groups in total. The van der Waals surface area contributed by atoms with Crippen molar-refractivity contribution in [2.45, 2.75) is 6.92 Å². The molecule has 0 aromatic carbocycles. The average molecular weight is 216 g/mol. The second kappa shape index (κ2) is 4.14. The van der Waals surface area contributed by atoms with E-state index in [4.69, 9.17) is 0 Å². The number of rotatable bonds is 2. The molecule has 0 spiro atoms. The summed E-state index contributed by atoms with van der Waals surface area (Å²) in [5.74, 6) is 1.27. The van der Waals surface area contributed by atoms with Gasteiger partial charge in [-0.15, -0.1) is 0 Å². The van der Waals surface area contributed by atoms with Crippen molar-refractivity contribution in [2.24, 2.45) is 7.05 Å². The van der Waals surface area contributed by atoms with Crippen molar-refractivity contribution in [1.29, 1.82) is 0 Å². The van der Waals surface area contributed by atoms with Crippen molar-refractivity contribution < 1.29 is 4.79 Å². The Morgan fingerprint density at radius 2 is 2.19 bits per heavy atom. The quantitative estimate of drug-likeness (QED) is 0.824. The van der Waals surface area contributed by atoms with Gasteiger partial charge in [0, 0.05) is 13.2 Å². The molecule has 0 fully saturated rings. The van der Waals surface area contributed by atoms with Crippen molar-refractivity contribution >= 4 is 11.7 Å². The van der Waals surface area contributed by atoms with Gasteiger partial charge in [-0.1, -0.05) is 6.07 Å². The molecule has 1 amide bonds. The van der Waals surface area contributed by atoms with Crippen molar-refractivity contribution in [3.8, 4) is 0 Å². The lowest BCUT2D eigenvalue weighted by Gasteiger charge is -2.05. The third-order valence-corrected chi connectivity index (χ3v) is 2.36. The highest BCUT2D eigenvalue weighted by Crippen LogP contribution is 2.09. The number of nitrogens with zero attached hydrogens (tertiary/aromatic N) is 3. The number of imidazole rings is 1. The molecule has 0 saturated heterocycles. The predicted molar refractivity (Wildman–Crippen MR) is 60.1 cm³/mol. The standard InChI is InChI=1S/C11H12N4O/c1-8-13-7-10(15(8)2)14-11(16)9-5-3-4-6-12-9/h3-7H,1-2H3,(H,14,16). The molecule has 0 bridgehead atoms. The molecule has 0 saturated carbocycles. The van der Waals surface area contributed by atoms with Crippen LogP contribution in [-0.2, 0) is 7.05 Å². The van der Waals surface area contributed by atoms with Gasteiger partial charge in [0.1, 0.15) is 17.3 Å². The number of aryl methyl sites for hydroxylation is 1. The second-order valence-corrected chi connectivity index (χ2v) is 3.42. The summed E-state index contributed by atoms with van der Waals surface area (Å²) in [5.41, 5.74) is 0.390. The van der Waals surface area contributed by atoms with Crippen LogP contribution in [0, 0.1) is 6.92 Å². The molecule has 0 radical (unpaired) electrons. The average Bonchev–Trinajstić information content (AvgIpc) is 2.62. The second-order valence-electron chi connectivity index (χ2n) is 3.42. The number of amides is 1. The van der Waals surface area contributed by atoms with E-state index in [1.807, 2.05) is 14.0 Å². The van der Waals surface area contributed by atoms with Gasteiger partial charge in [0.25, 0.3) is 5.91 Å². The van der Waals surface area contributed by atoms with Gasteiger partial charge in [0.05, 0.1) is 6.20 Å². The Morgan fingerprint density at radius 3 is 2.75 bits per heavy atom. The zero-order chi connectivity index (χ0) is 11.5. The Labute approximate surface area is 93.2 Å². The first-order chi connectivity index (χ1) is 7.68. The van der Waals surface area contributed by atoms with Gasteiger partial charge in [-0.2, -0.15) is 0 Å². The lowest BCUT2D eigenvalue weighted by Crippen LogP contribution is -2.15. The van der Waals surface area contributed by atoms with Crippen LogP contribution in [0.1, 0.15) is 16.3 Å². The van der Waals surface area contributed by atoms with Crippen LogP contribution in [0.2, 0.25) is 0 Å². The van der Waals surface area contributed by atoms with Crippen molar-refractivity contribution in [3.63, 3.8) is 0 Å². The lowest BCUT2D eigenvalue weighted by atomic mass is 10.3. The summed E-state index contributed by atoms with van der Waals surface area (Å²) in [6.45, 7) is 1.87. The minimum Gasteiger partial charge on any atom is -0.318 e. The van der Waals surface area contributed by atoms with Gasteiger partial charge in [0.15, 0.2) is 0 Å². The molecule has 16 heavy (non-hydrogen) atoms. The van der Waals surface area contributed by atoms with Crippen LogP contribution in [0.15, 0.2) is 30.6 Å². The summed E-state index contributed by atoms with van der Waals surface area (Å²) in [6, 6.07) is 5.21. The van der Waals surface area contributed by atoms with Crippen LogP contribution in [0.25, 0.3) is 0 Å². The molecule has 5 nitrogen and oxygen atoms in total. The van der Waals surface area contributed by atoms with E-state index in [1.165, 1.54) is 0 Å². The van der Waals surface area contributed by atoms with Gasteiger partial charge in [-0.05, 0) is 19.1 Å². The van der Waals surface area contributed by atoms with E-state index in [2.05, 4.69) is 15.3 Å². The summed E-state index contributed by atoms with van der Waals surface area (Å²) in [4.78, 5) is 19.8. The van der Waals surface area contributed by atoms with Crippen molar-refractivity contribution in [3.05, 3.63) is 42.1 Å². The normalized spacial score (nSPS) is 10.1. The molecule has 2 aromatic rings. The molecule has 0 aliphatic heterocycles. The van der Waals surface area contributed by atoms with Crippen LogP contribution >= 0.6 is 0 Å². The van der Waals surface area contributed by atoms with E-state index in [0.717, 1.165) is 5.82 Å². The largest absolute Gasteiger partial charge is 0.318 e. The first-order valence-electron chi connectivity index (χ1n) is 4.89. The zero-order valence-electron chi connectivity index (χ0n) is 9.14.